The van der Waals surface area contributed by atoms with Crippen LogP contribution in [0.4, 0.5) is 0 Å². The summed E-state index contributed by atoms with van der Waals surface area (Å²) < 4.78 is 8.71. The summed E-state index contributed by atoms with van der Waals surface area (Å²) in [6.07, 6.45) is 9.37. The second-order valence-electron chi connectivity index (χ2n) is 8.69. The second-order valence-corrected chi connectivity index (χ2v) is 10.9. The van der Waals surface area contributed by atoms with Crippen LogP contribution in [0.15, 0.2) is 36.4 Å². The quantitative estimate of drug-likeness (QED) is 0.326. The first-order valence-electron chi connectivity index (χ1n) is 11.4. The van der Waals surface area contributed by atoms with Gasteiger partial charge in [-0.15, -0.1) is 22.7 Å². The molecule has 3 aromatic rings. The summed E-state index contributed by atoms with van der Waals surface area (Å²) in [7, 11) is 0. The molecule has 0 bridgehead atoms. The summed E-state index contributed by atoms with van der Waals surface area (Å²) in [5.41, 5.74) is 1.30. The predicted molar refractivity (Wildman–Crippen MR) is 130 cm³/mol. The normalized spacial score (nSPS) is 20.8. The summed E-state index contributed by atoms with van der Waals surface area (Å²) in [4.78, 5) is 2.96. The highest BCUT2D eigenvalue weighted by atomic mass is 32.1. The molecule has 4 rings (SSSR count). The number of rotatable bonds is 8. The van der Waals surface area contributed by atoms with E-state index >= 15 is 0 Å². The zero-order valence-corrected chi connectivity index (χ0v) is 19.7. The summed E-state index contributed by atoms with van der Waals surface area (Å²) >= 11 is 3.96. The highest BCUT2D eigenvalue weighted by Gasteiger charge is 2.26. The molecule has 1 unspecified atom stereocenters. The van der Waals surface area contributed by atoms with E-state index in [2.05, 4.69) is 57.2 Å². The molecule has 0 aliphatic heterocycles. The van der Waals surface area contributed by atoms with Gasteiger partial charge in [0.2, 0.25) is 0 Å². The van der Waals surface area contributed by atoms with Gasteiger partial charge in [0.05, 0.1) is 6.61 Å². The molecule has 0 N–H and O–H groups in total. The fourth-order valence-corrected chi connectivity index (χ4v) is 7.16. The van der Waals surface area contributed by atoms with Gasteiger partial charge in [-0.1, -0.05) is 46.5 Å². The number of benzene rings is 1. The Morgan fingerprint density at radius 3 is 2.34 bits per heavy atom. The van der Waals surface area contributed by atoms with Gasteiger partial charge >= 0.3 is 0 Å². The van der Waals surface area contributed by atoms with Gasteiger partial charge in [0.15, 0.2) is 0 Å². The molecule has 2 aromatic heterocycles. The topological polar surface area (TPSA) is 9.23 Å². The van der Waals surface area contributed by atoms with E-state index < -0.39 is 0 Å². The minimum atomic E-state index is 0.709. The fourth-order valence-electron chi connectivity index (χ4n) is 4.60. The Morgan fingerprint density at radius 2 is 1.69 bits per heavy atom. The third-order valence-electron chi connectivity index (χ3n) is 6.76. The van der Waals surface area contributed by atoms with Crippen molar-refractivity contribution in [2.75, 3.05) is 6.61 Å². The zero-order chi connectivity index (χ0) is 20.2. The number of hydrogen-bond donors (Lipinski definition) is 0. The molecule has 156 valence electrons. The molecule has 1 atom stereocenters. The first-order valence-corrected chi connectivity index (χ1v) is 13.1. The molecule has 2 heterocycles. The molecule has 1 nitrogen and oxygen atoms in total. The average Bonchev–Trinajstić information content (AvgIpc) is 3.33. The van der Waals surface area contributed by atoms with E-state index in [9.17, 15) is 0 Å². The maximum Gasteiger partial charge on any atom is 0.119 e. The molecule has 1 aliphatic rings. The minimum absolute atomic E-state index is 0.709. The van der Waals surface area contributed by atoms with Crippen LogP contribution in [-0.4, -0.2) is 6.61 Å². The van der Waals surface area contributed by atoms with Crippen LogP contribution in [0, 0.1) is 11.8 Å². The van der Waals surface area contributed by atoms with Crippen LogP contribution >= 0.6 is 22.7 Å². The molecule has 29 heavy (non-hydrogen) atoms. The number of unbranched alkanes of at least 4 members (excludes halogenated alkanes) is 1. The van der Waals surface area contributed by atoms with Crippen molar-refractivity contribution in [2.24, 2.45) is 11.8 Å². The van der Waals surface area contributed by atoms with Crippen LogP contribution in [0.1, 0.15) is 76.5 Å². The van der Waals surface area contributed by atoms with Gasteiger partial charge in [0.25, 0.3) is 0 Å². The first kappa shape index (κ1) is 20.9. The van der Waals surface area contributed by atoms with Gasteiger partial charge in [-0.3, -0.25) is 0 Å². The Morgan fingerprint density at radius 1 is 0.966 bits per heavy atom. The van der Waals surface area contributed by atoms with Gasteiger partial charge < -0.3 is 4.74 Å². The van der Waals surface area contributed by atoms with Gasteiger partial charge in [0.1, 0.15) is 5.75 Å². The molecule has 1 aromatic carbocycles. The van der Waals surface area contributed by atoms with Crippen molar-refractivity contribution in [3.05, 3.63) is 41.3 Å². The molecule has 0 saturated heterocycles. The fraction of sp³-hybridized carbons (Fsp3) is 0.538. The summed E-state index contributed by atoms with van der Waals surface area (Å²) in [5, 5.41) is 0. The van der Waals surface area contributed by atoms with E-state index in [1.54, 1.807) is 4.88 Å². The second kappa shape index (κ2) is 9.66. The maximum absolute atomic E-state index is 5.80. The van der Waals surface area contributed by atoms with Gasteiger partial charge in [-0.25, -0.2) is 0 Å². The van der Waals surface area contributed by atoms with E-state index in [-0.39, 0.29) is 0 Å². The van der Waals surface area contributed by atoms with E-state index in [1.807, 2.05) is 22.7 Å². The van der Waals surface area contributed by atoms with Crippen LogP contribution in [-0.2, 0) is 0 Å². The molecule has 0 radical (unpaired) electrons. The van der Waals surface area contributed by atoms with E-state index in [4.69, 9.17) is 4.74 Å². The van der Waals surface area contributed by atoms with E-state index in [0.717, 1.165) is 30.6 Å². The Balaban J connectivity index is 1.43. The van der Waals surface area contributed by atoms with Crippen molar-refractivity contribution in [2.45, 2.75) is 71.6 Å². The van der Waals surface area contributed by atoms with Crippen LogP contribution in [0.5, 0.6) is 5.75 Å². The minimum Gasteiger partial charge on any atom is -0.494 e. The summed E-state index contributed by atoms with van der Waals surface area (Å²) in [6, 6.07) is 13.5. The SMILES string of the molecule is CCCCOc1ccc(-c2cc3sc(C(C)C4CCC(CC)CC4)cc3s2)cc1. The number of ether oxygens (including phenoxy) is 1. The van der Waals surface area contributed by atoms with Crippen LogP contribution in [0.25, 0.3) is 19.8 Å². The predicted octanol–water partition coefficient (Wildman–Crippen LogP) is 9.13. The number of fused-ring (bicyclic) bond motifs is 1. The largest absolute Gasteiger partial charge is 0.494 e. The lowest BCUT2D eigenvalue weighted by Gasteiger charge is -2.31. The van der Waals surface area contributed by atoms with Crippen molar-refractivity contribution in [3.63, 3.8) is 0 Å². The van der Waals surface area contributed by atoms with Crippen LogP contribution in [0.3, 0.4) is 0 Å². The Labute approximate surface area is 184 Å². The van der Waals surface area contributed by atoms with Crippen LogP contribution < -0.4 is 4.74 Å². The van der Waals surface area contributed by atoms with Crippen molar-refractivity contribution < 1.29 is 4.74 Å². The molecule has 1 saturated carbocycles. The molecule has 3 heteroatoms. The van der Waals surface area contributed by atoms with Crippen molar-refractivity contribution in [1.29, 1.82) is 0 Å². The molecule has 1 fully saturated rings. The van der Waals surface area contributed by atoms with Crippen molar-refractivity contribution >= 4 is 32.1 Å². The molecular weight excluding hydrogens is 392 g/mol. The Hall–Kier alpha value is -1.32. The van der Waals surface area contributed by atoms with E-state index in [1.165, 1.54) is 58.4 Å². The van der Waals surface area contributed by atoms with Gasteiger partial charge in [-0.2, -0.15) is 0 Å². The monoisotopic (exact) mass is 426 g/mol. The highest BCUT2D eigenvalue weighted by Crippen LogP contribution is 2.45. The molecular formula is C26H34OS2. The molecule has 1 aliphatic carbocycles. The lowest BCUT2D eigenvalue weighted by atomic mass is 9.75. The molecule has 0 amide bonds. The summed E-state index contributed by atoms with van der Waals surface area (Å²) in [6.45, 7) is 7.82. The number of hydrogen-bond acceptors (Lipinski definition) is 3. The van der Waals surface area contributed by atoms with Crippen molar-refractivity contribution in [1.82, 2.24) is 0 Å². The maximum atomic E-state index is 5.80. The lowest BCUT2D eigenvalue weighted by molar-refractivity contribution is 0.246. The molecule has 0 spiro atoms. The Bertz CT molecular complexity index is 865. The first-order chi connectivity index (χ1) is 14.2. The van der Waals surface area contributed by atoms with Gasteiger partial charge in [0, 0.05) is 19.2 Å². The zero-order valence-electron chi connectivity index (χ0n) is 18.1. The van der Waals surface area contributed by atoms with Crippen molar-refractivity contribution in [3.8, 4) is 16.2 Å². The standard InChI is InChI=1S/C26H34OS2/c1-4-6-15-27-22-13-11-21(12-14-22)24-17-26-25(29-24)16-23(28-26)18(3)20-9-7-19(5-2)8-10-20/h11-14,16-20H,4-10,15H2,1-3H3. The van der Waals surface area contributed by atoms with E-state index in [0.29, 0.717) is 5.92 Å². The summed E-state index contributed by atoms with van der Waals surface area (Å²) in [5.74, 6) is 3.55. The van der Waals surface area contributed by atoms with Crippen LogP contribution in [0.2, 0.25) is 0 Å². The third kappa shape index (κ3) is 4.88. The van der Waals surface area contributed by atoms with Gasteiger partial charge in [-0.05, 0) is 79.0 Å². The lowest BCUT2D eigenvalue weighted by Crippen LogP contribution is -2.18. The highest BCUT2D eigenvalue weighted by molar-refractivity contribution is 7.29. The smallest absolute Gasteiger partial charge is 0.119 e. The third-order valence-corrected chi connectivity index (χ3v) is 9.30. The Kier molecular flexibility index (Phi) is 6.97. The number of thiophene rings is 2. The average molecular weight is 427 g/mol.